The summed E-state index contributed by atoms with van der Waals surface area (Å²) in [7, 11) is 0. The van der Waals surface area contributed by atoms with E-state index in [0.29, 0.717) is 29.6 Å². The number of nitrogens with zero attached hydrogens (tertiary/aromatic N) is 5. The van der Waals surface area contributed by atoms with E-state index in [9.17, 15) is 0 Å². The number of aryl methyl sites for hydroxylation is 2. The molecule has 0 aliphatic carbocycles. The fourth-order valence-electron chi connectivity index (χ4n) is 8.07. The second kappa shape index (κ2) is 17.0. The van der Waals surface area contributed by atoms with Crippen LogP contribution in [0.4, 0.5) is 0 Å². The van der Waals surface area contributed by atoms with E-state index in [1.165, 1.54) is 39.2 Å². The van der Waals surface area contributed by atoms with Crippen LogP contribution in [0.2, 0.25) is 0 Å². The number of imidazole rings is 2. The van der Waals surface area contributed by atoms with E-state index in [2.05, 4.69) is 142 Å². The average Bonchev–Trinajstić information content (AvgIpc) is 4.02. The van der Waals surface area contributed by atoms with Gasteiger partial charge in [-0.3, -0.25) is 9.97 Å². The summed E-state index contributed by atoms with van der Waals surface area (Å²) >= 11 is 0. The van der Waals surface area contributed by atoms with Crippen LogP contribution in [0.5, 0.6) is 0 Å². The average molecular weight is 958 g/mol. The van der Waals surface area contributed by atoms with Gasteiger partial charge in [-0.2, -0.15) is 0 Å². The second-order valence-electron chi connectivity index (χ2n) is 16.5. The molecule has 4 aromatic heterocycles. The van der Waals surface area contributed by atoms with Gasteiger partial charge in [0, 0.05) is 74.1 Å². The molecule has 0 aliphatic heterocycles. The maximum absolute atomic E-state index is 5.98. The number of benzene rings is 5. The molecule has 0 aliphatic rings. The Morgan fingerprint density at radius 1 is 0.542 bits per heavy atom. The molecule has 4 heterocycles. The smallest absolute Gasteiger partial charge is 0.180 e. The Hall–Kier alpha value is -5.56. The number of hydrogen-bond acceptors (Lipinski definition) is 5. The van der Waals surface area contributed by atoms with Crippen molar-refractivity contribution in [2.24, 2.45) is 0 Å². The molecule has 8 heteroatoms. The Kier molecular flexibility index (Phi) is 12.0. The van der Waals surface area contributed by atoms with Gasteiger partial charge in [0.05, 0.1) is 22.8 Å². The maximum atomic E-state index is 5.98. The van der Waals surface area contributed by atoms with Crippen LogP contribution in [-0.2, 0) is 20.1 Å². The molecule has 0 amide bonds. The van der Waals surface area contributed by atoms with E-state index in [-0.39, 0.29) is 20.1 Å². The van der Waals surface area contributed by atoms with Crippen molar-refractivity contribution < 1.29 is 28.9 Å². The predicted octanol–water partition coefficient (Wildman–Crippen LogP) is 13.8. The molecule has 0 fully saturated rings. The summed E-state index contributed by atoms with van der Waals surface area (Å²) in [5.41, 5.74) is 14.3. The quantitative estimate of drug-likeness (QED) is 0.142. The van der Waals surface area contributed by atoms with Crippen molar-refractivity contribution >= 4 is 33.0 Å². The van der Waals surface area contributed by atoms with E-state index >= 15 is 0 Å². The van der Waals surface area contributed by atoms with Gasteiger partial charge in [0.1, 0.15) is 5.58 Å². The number of rotatable bonds is 8. The van der Waals surface area contributed by atoms with Crippen LogP contribution in [0.15, 0.2) is 112 Å². The molecular formula is C51H51IrN5O2-2. The molecule has 9 rings (SSSR count). The normalized spacial score (nSPS) is 11.7. The first kappa shape index (κ1) is 41.6. The van der Waals surface area contributed by atoms with Gasteiger partial charge in [0.2, 0.25) is 0 Å². The SMILES string of the molecule is CC(C)c1cccc(C(C)C)c1-n1ccnc1-c1[c-]cc2oc3ccccc3c2c1.Cc1cc(C(C)C)c(-n2ccnc2-c2[c-]cc3oc(C)nc3c2)c(C(C)C)c1.[Ir]. The molecule has 7 nitrogen and oxygen atoms in total. The third-order valence-electron chi connectivity index (χ3n) is 10.9. The summed E-state index contributed by atoms with van der Waals surface area (Å²) in [5, 5.41) is 2.21. The summed E-state index contributed by atoms with van der Waals surface area (Å²) in [5.74, 6) is 4.08. The van der Waals surface area contributed by atoms with Crippen LogP contribution in [0.1, 0.15) is 113 Å². The van der Waals surface area contributed by atoms with Gasteiger partial charge in [-0.15, -0.1) is 47.5 Å². The maximum Gasteiger partial charge on any atom is 0.180 e. The zero-order valence-electron chi connectivity index (χ0n) is 35.5. The molecule has 0 saturated heterocycles. The van der Waals surface area contributed by atoms with Crippen molar-refractivity contribution in [1.82, 2.24) is 24.1 Å². The fraction of sp³-hybridized carbons (Fsp3) is 0.275. The van der Waals surface area contributed by atoms with E-state index in [0.717, 1.165) is 55.8 Å². The van der Waals surface area contributed by atoms with Gasteiger partial charge in [-0.25, -0.2) is 4.98 Å². The zero-order chi connectivity index (χ0) is 40.8. The van der Waals surface area contributed by atoms with Crippen LogP contribution in [-0.4, -0.2) is 24.1 Å². The minimum Gasteiger partial charge on any atom is -0.500 e. The Morgan fingerprint density at radius 3 is 1.64 bits per heavy atom. The van der Waals surface area contributed by atoms with Crippen LogP contribution < -0.4 is 0 Å². The summed E-state index contributed by atoms with van der Waals surface area (Å²) in [6.45, 7) is 22.0. The minimum atomic E-state index is 0. The first-order valence-corrected chi connectivity index (χ1v) is 20.4. The molecule has 0 spiro atoms. The largest absolute Gasteiger partial charge is 0.500 e. The first-order valence-electron chi connectivity index (χ1n) is 20.4. The number of fused-ring (bicyclic) bond motifs is 4. The monoisotopic (exact) mass is 958 g/mol. The molecular weight excluding hydrogens is 907 g/mol. The first-order chi connectivity index (χ1) is 27.9. The van der Waals surface area contributed by atoms with Crippen molar-refractivity contribution in [2.75, 3.05) is 0 Å². The number of oxazole rings is 1. The Balaban J connectivity index is 0.000000177. The number of para-hydroxylation sites is 2. The van der Waals surface area contributed by atoms with E-state index < -0.39 is 0 Å². The Labute approximate surface area is 360 Å². The number of hydrogen-bond donors (Lipinski definition) is 0. The molecule has 9 aromatic rings. The summed E-state index contributed by atoms with van der Waals surface area (Å²) in [6, 6.07) is 34.0. The van der Waals surface area contributed by atoms with E-state index in [1.54, 1.807) is 0 Å². The van der Waals surface area contributed by atoms with Crippen molar-refractivity contribution in [1.29, 1.82) is 0 Å². The van der Waals surface area contributed by atoms with Gasteiger partial charge in [0.25, 0.3) is 0 Å². The summed E-state index contributed by atoms with van der Waals surface area (Å²) in [4.78, 5) is 13.9. The van der Waals surface area contributed by atoms with Crippen LogP contribution in [0, 0.1) is 26.0 Å². The van der Waals surface area contributed by atoms with E-state index in [1.807, 2.05) is 61.9 Å². The van der Waals surface area contributed by atoms with E-state index in [4.69, 9.17) is 13.8 Å². The van der Waals surface area contributed by atoms with Crippen LogP contribution in [0.3, 0.4) is 0 Å². The Bertz CT molecular complexity index is 2850. The third kappa shape index (κ3) is 7.96. The van der Waals surface area contributed by atoms with Crippen LogP contribution in [0.25, 0.3) is 67.2 Å². The topological polar surface area (TPSA) is 74.8 Å². The molecule has 0 bridgehead atoms. The molecule has 303 valence electrons. The van der Waals surface area contributed by atoms with Crippen molar-refractivity contribution in [2.45, 2.75) is 92.9 Å². The molecule has 59 heavy (non-hydrogen) atoms. The van der Waals surface area contributed by atoms with Gasteiger partial charge >= 0.3 is 0 Å². The van der Waals surface area contributed by atoms with Crippen molar-refractivity contribution in [3.63, 3.8) is 0 Å². The van der Waals surface area contributed by atoms with Crippen molar-refractivity contribution in [3.05, 3.63) is 149 Å². The number of furan rings is 1. The molecule has 1 radical (unpaired) electrons. The predicted molar refractivity (Wildman–Crippen MR) is 236 cm³/mol. The van der Waals surface area contributed by atoms with Gasteiger partial charge in [-0.1, -0.05) is 115 Å². The molecule has 0 atom stereocenters. The summed E-state index contributed by atoms with van der Waals surface area (Å²) < 4.78 is 16.0. The standard InChI is InChI=1S/C27H25N2O.C24H26N3O.Ir/c1-17(2)20-9-7-10-21(18(3)4)26(20)29-15-14-28-27(29)19-12-13-25-23(16-19)22-8-5-6-11-24(22)30-25;1-14(2)19-11-16(5)12-20(15(3)4)23(19)27-10-9-25-24(27)18-7-8-22-21(13-18)26-17(6)28-22;/h5-11,13-18H,1-4H3;8-15H,1-6H3;/q2*-1;. The number of aromatic nitrogens is 5. The third-order valence-corrected chi connectivity index (χ3v) is 10.9. The van der Waals surface area contributed by atoms with Crippen LogP contribution >= 0.6 is 0 Å². The molecule has 0 saturated carbocycles. The van der Waals surface area contributed by atoms with Gasteiger partial charge < -0.3 is 18.0 Å². The fourth-order valence-corrected chi connectivity index (χ4v) is 8.07. The summed E-state index contributed by atoms with van der Waals surface area (Å²) in [6.07, 6.45) is 7.84. The van der Waals surface area contributed by atoms with Crippen molar-refractivity contribution in [3.8, 4) is 34.2 Å². The van der Waals surface area contributed by atoms with Gasteiger partial charge in [0.15, 0.2) is 5.89 Å². The zero-order valence-corrected chi connectivity index (χ0v) is 37.9. The molecule has 0 unspecified atom stereocenters. The molecule has 5 aromatic carbocycles. The second-order valence-corrected chi connectivity index (χ2v) is 16.5. The van der Waals surface area contributed by atoms with Gasteiger partial charge in [-0.05, 0) is 58.9 Å². The minimum absolute atomic E-state index is 0. The Morgan fingerprint density at radius 2 is 1.07 bits per heavy atom. The molecule has 0 N–H and O–H groups in total.